The Balaban J connectivity index is 0.000000316. The average Bonchev–Trinajstić information content (AvgIpc) is 3.04. The van der Waals surface area contributed by atoms with Gasteiger partial charge in [0.15, 0.2) is 0 Å². The number of nitrogens with two attached hydrogens (primary N) is 1. The Kier molecular flexibility index (Phi) is 21.1. The molecule has 0 saturated carbocycles. The molecule has 7 nitrogen and oxygen atoms in total. The van der Waals surface area contributed by atoms with Gasteiger partial charge in [-0.3, -0.25) is 14.7 Å². The minimum Gasteiger partial charge on any atom is -0.494 e. The van der Waals surface area contributed by atoms with Crippen molar-refractivity contribution in [3.05, 3.63) is 24.3 Å². The van der Waals surface area contributed by atoms with Crippen molar-refractivity contribution in [2.24, 2.45) is 17.6 Å². The van der Waals surface area contributed by atoms with E-state index in [-0.39, 0.29) is 5.54 Å². The maximum atomic E-state index is 6.61. The Hall–Kier alpha value is -1.38. The van der Waals surface area contributed by atoms with Gasteiger partial charge in [-0.2, -0.15) is 0 Å². The molecular formula is C38H72N4O3. The lowest BCUT2D eigenvalue weighted by Gasteiger charge is -2.46. The monoisotopic (exact) mass is 633 g/mol. The molecule has 2 heterocycles. The van der Waals surface area contributed by atoms with E-state index in [0.717, 1.165) is 108 Å². The third kappa shape index (κ3) is 17.9. The lowest BCUT2D eigenvalue weighted by atomic mass is 9.94. The molecule has 2 unspecified atom stereocenters. The topological polar surface area (TPSA) is 63.4 Å². The zero-order valence-corrected chi connectivity index (χ0v) is 30.4. The number of hydrogen-bond acceptors (Lipinski definition) is 7. The molecule has 0 amide bonds. The van der Waals surface area contributed by atoms with Crippen LogP contribution in [0.15, 0.2) is 24.3 Å². The summed E-state index contributed by atoms with van der Waals surface area (Å²) in [6, 6.07) is 7.92. The van der Waals surface area contributed by atoms with Crippen LogP contribution in [-0.2, 0) is 4.74 Å². The van der Waals surface area contributed by atoms with Crippen LogP contribution in [0.2, 0.25) is 0 Å². The molecule has 0 radical (unpaired) electrons. The SMILES string of the molecule is CCCCC(CC)CN1CN(CC(CC)CCCC)CC(C)(N)C1.CCCCOc1ccc(OCCCN2CCOCC2)cc1. The van der Waals surface area contributed by atoms with Crippen molar-refractivity contribution in [3.8, 4) is 11.5 Å². The maximum absolute atomic E-state index is 6.61. The van der Waals surface area contributed by atoms with Crippen LogP contribution in [0, 0.1) is 11.8 Å². The maximum Gasteiger partial charge on any atom is 0.119 e. The standard InChI is InChI=1S/C21H45N3.C17H27NO3/c1-6-10-12-19(8-3)14-23-16-21(5,22)17-24(18-23)15-20(9-4)13-11-7-2;1-2-3-12-20-16-5-7-17(8-6-16)21-13-4-9-18-10-14-19-15-11-18/h19-20H,6-18,22H2,1-5H3;5-8H,2-4,9-15H2,1H3. The van der Waals surface area contributed by atoms with Gasteiger partial charge in [0.2, 0.25) is 0 Å². The molecule has 2 fully saturated rings. The Morgan fingerprint density at radius 2 is 1.18 bits per heavy atom. The van der Waals surface area contributed by atoms with Crippen molar-refractivity contribution in [2.75, 3.05) is 78.9 Å². The van der Waals surface area contributed by atoms with Crippen LogP contribution in [0.5, 0.6) is 11.5 Å². The van der Waals surface area contributed by atoms with Gasteiger partial charge in [-0.05, 0) is 68.7 Å². The summed E-state index contributed by atoms with van der Waals surface area (Å²) in [6.45, 7) is 25.8. The summed E-state index contributed by atoms with van der Waals surface area (Å²) in [6.07, 6.45) is 14.0. The molecule has 3 rings (SSSR count). The second-order valence-corrected chi connectivity index (χ2v) is 14.0. The van der Waals surface area contributed by atoms with E-state index in [1.165, 1.54) is 64.5 Å². The summed E-state index contributed by atoms with van der Waals surface area (Å²) in [7, 11) is 0. The Morgan fingerprint density at radius 1 is 0.711 bits per heavy atom. The number of ether oxygens (including phenoxy) is 3. The largest absolute Gasteiger partial charge is 0.494 e. The highest BCUT2D eigenvalue weighted by Crippen LogP contribution is 2.23. The lowest BCUT2D eigenvalue weighted by molar-refractivity contribution is 0.0182. The minimum absolute atomic E-state index is 0.0651. The Bertz CT molecular complexity index is 803. The van der Waals surface area contributed by atoms with Crippen LogP contribution in [0.3, 0.4) is 0 Å². The summed E-state index contributed by atoms with van der Waals surface area (Å²) in [5, 5.41) is 0. The van der Waals surface area contributed by atoms with E-state index >= 15 is 0 Å². The fraction of sp³-hybridized carbons (Fsp3) is 0.842. The lowest BCUT2D eigenvalue weighted by Crippen LogP contribution is -2.63. The van der Waals surface area contributed by atoms with Gasteiger partial charge < -0.3 is 19.9 Å². The minimum atomic E-state index is -0.0651. The third-order valence-corrected chi connectivity index (χ3v) is 9.27. The molecule has 2 N–H and O–H groups in total. The number of morpholine rings is 1. The van der Waals surface area contributed by atoms with Gasteiger partial charge >= 0.3 is 0 Å². The highest BCUT2D eigenvalue weighted by atomic mass is 16.5. The van der Waals surface area contributed by atoms with Gasteiger partial charge in [-0.15, -0.1) is 0 Å². The average molecular weight is 633 g/mol. The Labute approximate surface area is 278 Å². The van der Waals surface area contributed by atoms with Crippen LogP contribution in [0.4, 0.5) is 0 Å². The molecule has 0 spiro atoms. The summed E-state index contributed by atoms with van der Waals surface area (Å²) >= 11 is 0. The molecule has 0 aromatic heterocycles. The van der Waals surface area contributed by atoms with E-state index in [4.69, 9.17) is 19.9 Å². The summed E-state index contributed by atoms with van der Waals surface area (Å²) in [5.74, 6) is 3.51. The molecule has 2 saturated heterocycles. The number of benzene rings is 1. The van der Waals surface area contributed by atoms with Crippen LogP contribution >= 0.6 is 0 Å². The molecule has 0 aliphatic carbocycles. The first-order valence-electron chi connectivity index (χ1n) is 18.7. The second-order valence-electron chi connectivity index (χ2n) is 14.0. The molecule has 2 atom stereocenters. The molecule has 2 aliphatic rings. The van der Waals surface area contributed by atoms with Crippen molar-refractivity contribution >= 4 is 0 Å². The van der Waals surface area contributed by atoms with E-state index < -0.39 is 0 Å². The van der Waals surface area contributed by atoms with Crippen LogP contribution < -0.4 is 15.2 Å². The molecule has 7 heteroatoms. The number of hydrogen-bond donors (Lipinski definition) is 1. The predicted molar refractivity (Wildman–Crippen MR) is 191 cm³/mol. The molecule has 1 aromatic carbocycles. The van der Waals surface area contributed by atoms with E-state index in [9.17, 15) is 0 Å². The zero-order chi connectivity index (χ0) is 32.8. The van der Waals surface area contributed by atoms with Crippen molar-refractivity contribution in [1.29, 1.82) is 0 Å². The quantitative estimate of drug-likeness (QED) is 0.140. The summed E-state index contributed by atoms with van der Waals surface area (Å²) < 4.78 is 16.7. The molecule has 1 aromatic rings. The number of unbranched alkanes of at least 4 members (excludes halogenated alkanes) is 3. The van der Waals surface area contributed by atoms with E-state index in [0.29, 0.717) is 0 Å². The van der Waals surface area contributed by atoms with Crippen molar-refractivity contribution in [3.63, 3.8) is 0 Å². The Morgan fingerprint density at radius 3 is 1.62 bits per heavy atom. The van der Waals surface area contributed by atoms with Gasteiger partial charge in [-0.1, -0.05) is 79.6 Å². The molecule has 2 aliphatic heterocycles. The number of rotatable bonds is 21. The smallest absolute Gasteiger partial charge is 0.119 e. The van der Waals surface area contributed by atoms with Crippen molar-refractivity contribution < 1.29 is 14.2 Å². The van der Waals surface area contributed by atoms with Crippen molar-refractivity contribution in [2.45, 2.75) is 118 Å². The number of nitrogens with zero attached hydrogens (tertiary/aromatic N) is 3. The fourth-order valence-electron chi connectivity index (χ4n) is 6.53. The highest BCUT2D eigenvalue weighted by molar-refractivity contribution is 5.31. The highest BCUT2D eigenvalue weighted by Gasteiger charge is 2.33. The van der Waals surface area contributed by atoms with E-state index in [1.54, 1.807) is 0 Å². The van der Waals surface area contributed by atoms with Gasteiger partial charge in [0.1, 0.15) is 11.5 Å². The summed E-state index contributed by atoms with van der Waals surface area (Å²) in [4.78, 5) is 7.71. The van der Waals surface area contributed by atoms with Gasteiger partial charge in [0.25, 0.3) is 0 Å². The molecule has 0 bridgehead atoms. The van der Waals surface area contributed by atoms with E-state index in [2.05, 4.69) is 56.2 Å². The first kappa shape index (κ1) is 39.8. The van der Waals surface area contributed by atoms with Crippen LogP contribution in [0.1, 0.15) is 112 Å². The fourth-order valence-corrected chi connectivity index (χ4v) is 6.53. The van der Waals surface area contributed by atoms with Crippen LogP contribution in [-0.4, -0.2) is 99.1 Å². The molecular weight excluding hydrogens is 560 g/mol. The summed E-state index contributed by atoms with van der Waals surface area (Å²) in [5.41, 5.74) is 6.54. The molecule has 262 valence electrons. The van der Waals surface area contributed by atoms with Gasteiger partial charge in [0, 0.05) is 51.4 Å². The zero-order valence-electron chi connectivity index (χ0n) is 30.4. The predicted octanol–water partition coefficient (Wildman–Crippen LogP) is 7.68. The van der Waals surface area contributed by atoms with Crippen molar-refractivity contribution in [1.82, 2.24) is 14.7 Å². The third-order valence-electron chi connectivity index (χ3n) is 9.27. The normalized spacial score (nSPS) is 21.1. The van der Waals surface area contributed by atoms with E-state index in [1.807, 2.05) is 24.3 Å². The first-order valence-corrected chi connectivity index (χ1v) is 18.7. The van der Waals surface area contributed by atoms with Gasteiger partial charge in [0.05, 0.1) is 33.1 Å². The van der Waals surface area contributed by atoms with Crippen LogP contribution in [0.25, 0.3) is 0 Å². The first-order chi connectivity index (χ1) is 21.8. The second kappa shape index (κ2) is 23.9. The molecule has 45 heavy (non-hydrogen) atoms. The van der Waals surface area contributed by atoms with Gasteiger partial charge in [-0.25, -0.2) is 0 Å².